The molecule has 70 valence electrons. The maximum Gasteiger partial charge on any atom is 0.103 e. The van der Waals surface area contributed by atoms with Crippen LogP contribution in [-0.2, 0) is 0 Å². The quantitative estimate of drug-likeness (QED) is 0.422. The van der Waals surface area contributed by atoms with Crippen LogP contribution in [0.2, 0.25) is 0 Å². The van der Waals surface area contributed by atoms with E-state index in [2.05, 4.69) is 10.1 Å². The maximum atomic E-state index is 8.70. The first-order chi connectivity index (χ1) is 6.83. The first-order valence-corrected chi connectivity index (χ1v) is 4.35. The summed E-state index contributed by atoms with van der Waals surface area (Å²) in [5.74, 6) is 0. The zero-order chi connectivity index (χ0) is 9.97. The van der Waals surface area contributed by atoms with Crippen molar-refractivity contribution in [3.63, 3.8) is 0 Å². The Morgan fingerprint density at radius 1 is 1.29 bits per heavy atom. The molecule has 1 N–H and O–H groups in total. The lowest BCUT2D eigenvalue weighted by Crippen LogP contribution is -1.99. The maximum absolute atomic E-state index is 8.70. The minimum Gasteiger partial charge on any atom is -0.411 e. The molecule has 0 aliphatic heterocycles. The van der Waals surface area contributed by atoms with E-state index in [0.717, 1.165) is 16.5 Å². The van der Waals surface area contributed by atoms with Gasteiger partial charge in [0.1, 0.15) is 5.71 Å². The van der Waals surface area contributed by atoms with Gasteiger partial charge in [0.2, 0.25) is 0 Å². The molecular weight excluding hydrogens is 176 g/mol. The van der Waals surface area contributed by atoms with Gasteiger partial charge in [-0.25, -0.2) is 0 Å². The summed E-state index contributed by atoms with van der Waals surface area (Å²) in [5, 5.41) is 14.0. The lowest BCUT2D eigenvalue weighted by atomic mass is 10.1. The smallest absolute Gasteiger partial charge is 0.103 e. The van der Waals surface area contributed by atoms with Gasteiger partial charge in [0.15, 0.2) is 0 Å². The normalized spacial score (nSPS) is 11.9. The number of hydrogen-bond donors (Lipinski definition) is 1. The van der Waals surface area contributed by atoms with Crippen LogP contribution in [0.5, 0.6) is 0 Å². The third kappa shape index (κ3) is 1.33. The van der Waals surface area contributed by atoms with Gasteiger partial charge in [-0.3, -0.25) is 4.98 Å². The van der Waals surface area contributed by atoms with Crippen LogP contribution in [0.25, 0.3) is 10.8 Å². The first kappa shape index (κ1) is 8.69. The van der Waals surface area contributed by atoms with E-state index in [0.29, 0.717) is 5.71 Å². The fourth-order valence-corrected chi connectivity index (χ4v) is 1.46. The summed E-state index contributed by atoms with van der Waals surface area (Å²) < 4.78 is 0. The van der Waals surface area contributed by atoms with Crippen molar-refractivity contribution >= 4 is 16.5 Å². The molecule has 0 spiro atoms. The largest absolute Gasteiger partial charge is 0.411 e. The monoisotopic (exact) mass is 186 g/mol. The van der Waals surface area contributed by atoms with E-state index in [4.69, 9.17) is 5.21 Å². The highest BCUT2D eigenvalue weighted by Gasteiger charge is 2.04. The predicted octanol–water partition coefficient (Wildman–Crippen LogP) is 2.43. The zero-order valence-corrected chi connectivity index (χ0v) is 7.81. The standard InChI is InChI=1S/C11H10N2O/c1-8(13-14)11-10-5-3-2-4-9(10)6-7-12-11/h2-7,14H,1H3/b13-8-. The Kier molecular flexibility index (Phi) is 2.14. The number of nitrogens with zero attached hydrogens (tertiary/aromatic N) is 2. The molecule has 0 atom stereocenters. The Labute approximate surface area is 81.7 Å². The van der Waals surface area contributed by atoms with E-state index in [1.54, 1.807) is 13.1 Å². The van der Waals surface area contributed by atoms with Crippen molar-refractivity contribution in [2.45, 2.75) is 6.92 Å². The molecule has 0 fully saturated rings. The lowest BCUT2D eigenvalue weighted by Gasteiger charge is -2.02. The van der Waals surface area contributed by atoms with Gasteiger partial charge in [-0.15, -0.1) is 0 Å². The van der Waals surface area contributed by atoms with Crippen molar-refractivity contribution in [2.24, 2.45) is 5.16 Å². The van der Waals surface area contributed by atoms with Crippen LogP contribution in [-0.4, -0.2) is 15.9 Å². The summed E-state index contributed by atoms with van der Waals surface area (Å²) in [6.07, 6.45) is 1.71. The number of oxime groups is 1. The van der Waals surface area contributed by atoms with Crippen molar-refractivity contribution in [3.05, 3.63) is 42.2 Å². The molecule has 0 unspecified atom stereocenters. The number of rotatable bonds is 1. The average molecular weight is 186 g/mol. The molecule has 0 aliphatic rings. The second kappa shape index (κ2) is 3.46. The molecule has 0 bridgehead atoms. The molecule has 0 saturated carbocycles. The molecule has 0 saturated heterocycles. The molecule has 3 heteroatoms. The van der Waals surface area contributed by atoms with Crippen molar-refractivity contribution in [1.29, 1.82) is 0 Å². The second-order valence-electron chi connectivity index (χ2n) is 3.07. The lowest BCUT2D eigenvalue weighted by molar-refractivity contribution is 0.319. The number of fused-ring (bicyclic) bond motifs is 1. The molecule has 1 heterocycles. The van der Waals surface area contributed by atoms with E-state index < -0.39 is 0 Å². The SMILES string of the molecule is C/C(=N/O)c1nccc2ccccc12. The van der Waals surface area contributed by atoms with Crippen molar-refractivity contribution in [3.8, 4) is 0 Å². The molecular formula is C11H10N2O. The topological polar surface area (TPSA) is 45.5 Å². The van der Waals surface area contributed by atoms with Crippen LogP contribution in [0.4, 0.5) is 0 Å². The summed E-state index contributed by atoms with van der Waals surface area (Å²) >= 11 is 0. The molecule has 14 heavy (non-hydrogen) atoms. The minimum absolute atomic E-state index is 0.529. The highest BCUT2D eigenvalue weighted by atomic mass is 16.4. The van der Waals surface area contributed by atoms with Crippen LogP contribution in [0.1, 0.15) is 12.6 Å². The van der Waals surface area contributed by atoms with Gasteiger partial charge < -0.3 is 5.21 Å². The highest BCUT2D eigenvalue weighted by molar-refractivity contribution is 6.07. The average Bonchev–Trinajstić information content (AvgIpc) is 2.27. The highest BCUT2D eigenvalue weighted by Crippen LogP contribution is 2.16. The van der Waals surface area contributed by atoms with E-state index in [1.807, 2.05) is 30.3 Å². The number of aromatic nitrogens is 1. The van der Waals surface area contributed by atoms with E-state index in [1.165, 1.54) is 0 Å². The number of hydrogen-bond acceptors (Lipinski definition) is 3. The molecule has 1 aromatic carbocycles. The Hall–Kier alpha value is -1.90. The number of pyridine rings is 1. The van der Waals surface area contributed by atoms with Crippen molar-refractivity contribution < 1.29 is 5.21 Å². The predicted molar refractivity (Wildman–Crippen MR) is 55.7 cm³/mol. The van der Waals surface area contributed by atoms with Gasteiger partial charge in [-0.05, 0) is 18.4 Å². The first-order valence-electron chi connectivity index (χ1n) is 4.35. The molecule has 2 aromatic rings. The zero-order valence-electron chi connectivity index (χ0n) is 7.81. The van der Waals surface area contributed by atoms with Crippen molar-refractivity contribution in [2.75, 3.05) is 0 Å². The third-order valence-electron chi connectivity index (χ3n) is 2.17. The Morgan fingerprint density at radius 3 is 2.86 bits per heavy atom. The molecule has 0 aliphatic carbocycles. The fraction of sp³-hybridized carbons (Fsp3) is 0.0909. The molecule has 0 radical (unpaired) electrons. The molecule has 2 rings (SSSR count). The van der Waals surface area contributed by atoms with E-state index >= 15 is 0 Å². The van der Waals surface area contributed by atoms with E-state index in [9.17, 15) is 0 Å². The van der Waals surface area contributed by atoms with Crippen LogP contribution in [0.3, 0.4) is 0 Å². The van der Waals surface area contributed by atoms with Crippen LogP contribution >= 0.6 is 0 Å². The summed E-state index contributed by atoms with van der Waals surface area (Å²) in [6, 6.07) is 9.82. The van der Waals surface area contributed by atoms with Crippen LogP contribution in [0.15, 0.2) is 41.7 Å². The summed E-state index contributed by atoms with van der Waals surface area (Å²) in [7, 11) is 0. The summed E-state index contributed by atoms with van der Waals surface area (Å²) in [4.78, 5) is 4.19. The summed E-state index contributed by atoms with van der Waals surface area (Å²) in [6.45, 7) is 1.73. The van der Waals surface area contributed by atoms with E-state index in [-0.39, 0.29) is 0 Å². The molecule has 1 aromatic heterocycles. The Balaban J connectivity index is 2.77. The third-order valence-corrected chi connectivity index (χ3v) is 2.17. The molecule has 0 amide bonds. The van der Waals surface area contributed by atoms with Gasteiger partial charge in [0.25, 0.3) is 0 Å². The Bertz CT molecular complexity index is 486. The van der Waals surface area contributed by atoms with Crippen molar-refractivity contribution in [1.82, 2.24) is 4.98 Å². The molecule has 3 nitrogen and oxygen atoms in total. The summed E-state index contributed by atoms with van der Waals surface area (Å²) in [5.41, 5.74) is 1.26. The van der Waals surface area contributed by atoms with Gasteiger partial charge in [0, 0.05) is 11.6 Å². The fourth-order valence-electron chi connectivity index (χ4n) is 1.46. The van der Waals surface area contributed by atoms with Gasteiger partial charge in [0.05, 0.1) is 5.69 Å². The second-order valence-corrected chi connectivity index (χ2v) is 3.07. The minimum atomic E-state index is 0.529. The van der Waals surface area contributed by atoms with Gasteiger partial charge >= 0.3 is 0 Å². The Morgan fingerprint density at radius 2 is 2.07 bits per heavy atom. The van der Waals surface area contributed by atoms with Crippen LogP contribution in [0, 0.1) is 0 Å². The number of benzene rings is 1. The van der Waals surface area contributed by atoms with Gasteiger partial charge in [-0.2, -0.15) is 0 Å². The van der Waals surface area contributed by atoms with Gasteiger partial charge in [-0.1, -0.05) is 29.4 Å². The van der Waals surface area contributed by atoms with Crippen LogP contribution < -0.4 is 0 Å².